The minimum Gasteiger partial charge on any atom is -0.481 e. The third-order valence-corrected chi connectivity index (χ3v) is 8.52. The molecule has 2 amide bonds. The molecule has 3 aliphatic rings. The topological polar surface area (TPSA) is 103 Å². The molecule has 4 heterocycles. The predicted octanol–water partition coefficient (Wildman–Crippen LogP) is 3.33. The number of H-pyrrole nitrogens is 1. The molecule has 0 aromatic carbocycles. The summed E-state index contributed by atoms with van der Waals surface area (Å²) >= 11 is 0. The van der Waals surface area contributed by atoms with Gasteiger partial charge in [-0.3, -0.25) is 19.6 Å². The molecule has 2 aliphatic heterocycles. The number of carbonyl (C=O) groups excluding carboxylic acids is 2. The summed E-state index contributed by atoms with van der Waals surface area (Å²) in [5.74, 6) is -0.594. The summed E-state index contributed by atoms with van der Waals surface area (Å²) in [6.07, 6.45) is 5.58. The number of piperidine rings is 2. The lowest BCUT2D eigenvalue weighted by molar-refractivity contribution is -0.128. The van der Waals surface area contributed by atoms with Crippen molar-refractivity contribution >= 4 is 11.8 Å². The highest BCUT2D eigenvalue weighted by molar-refractivity contribution is 5.94. The second-order valence-electron chi connectivity index (χ2n) is 11.4. The Morgan fingerprint density at radius 2 is 2.00 bits per heavy atom. The van der Waals surface area contributed by atoms with Crippen LogP contribution in [0.3, 0.4) is 0 Å². The van der Waals surface area contributed by atoms with Gasteiger partial charge in [0.05, 0.1) is 19.0 Å². The van der Waals surface area contributed by atoms with Gasteiger partial charge in [-0.1, -0.05) is 0 Å². The van der Waals surface area contributed by atoms with Crippen LogP contribution in [-0.4, -0.2) is 87.3 Å². The molecule has 206 valence electrons. The van der Waals surface area contributed by atoms with Crippen LogP contribution in [0.15, 0.2) is 18.3 Å². The average Bonchev–Trinajstić information content (AvgIpc) is 3.46. The summed E-state index contributed by atoms with van der Waals surface area (Å²) in [6, 6.07) is 3.06. The van der Waals surface area contributed by atoms with Gasteiger partial charge in [0.2, 0.25) is 11.8 Å². The number of methoxy groups -OCH3 is 1. The number of rotatable bonds is 7. The summed E-state index contributed by atoms with van der Waals surface area (Å²) in [6.45, 7) is 5.50. The minimum atomic E-state index is -0.557. The molecule has 9 nitrogen and oxygen atoms in total. The number of nitrogens with zero attached hydrogens (tertiary/aromatic N) is 4. The van der Waals surface area contributed by atoms with Crippen LogP contribution in [0.1, 0.15) is 62.9 Å². The fourth-order valence-corrected chi connectivity index (χ4v) is 6.20. The fourth-order valence-electron chi connectivity index (χ4n) is 6.20. The SMILES string of the molecule is COc1cc(-c2cc(C(=O)N3CC[C@H](C(=O)N[C@H]4CCN(CCF)C(C)(C)C4)CC34CC4)[nH]n2)c(F)cn1. The Hall–Kier alpha value is -3.08. The highest BCUT2D eigenvalue weighted by Gasteiger charge is 2.55. The Bertz CT molecular complexity index is 1200. The molecule has 11 heteroatoms. The van der Waals surface area contributed by atoms with Crippen molar-refractivity contribution in [1.82, 2.24) is 30.3 Å². The van der Waals surface area contributed by atoms with Gasteiger partial charge in [-0.2, -0.15) is 5.10 Å². The Morgan fingerprint density at radius 1 is 1.21 bits per heavy atom. The van der Waals surface area contributed by atoms with Crippen molar-refractivity contribution in [2.45, 2.75) is 69.5 Å². The van der Waals surface area contributed by atoms with Gasteiger partial charge < -0.3 is 15.0 Å². The molecule has 0 bridgehead atoms. The van der Waals surface area contributed by atoms with Crippen LogP contribution >= 0.6 is 0 Å². The lowest BCUT2D eigenvalue weighted by Crippen LogP contribution is -2.57. The maximum atomic E-state index is 14.4. The molecule has 0 unspecified atom stereocenters. The molecule has 5 rings (SSSR count). The van der Waals surface area contributed by atoms with E-state index in [1.807, 2.05) is 4.90 Å². The maximum Gasteiger partial charge on any atom is 0.272 e. The molecule has 1 saturated carbocycles. The number of amides is 2. The van der Waals surface area contributed by atoms with Crippen LogP contribution in [-0.2, 0) is 4.79 Å². The number of halogens is 2. The van der Waals surface area contributed by atoms with Crippen molar-refractivity contribution in [2.75, 3.05) is 33.4 Å². The Labute approximate surface area is 221 Å². The minimum absolute atomic E-state index is 0.0500. The normalized spacial score (nSPS) is 24.3. The van der Waals surface area contributed by atoms with Crippen LogP contribution in [0.25, 0.3) is 11.3 Å². The van der Waals surface area contributed by atoms with E-state index >= 15 is 0 Å². The first-order valence-corrected chi connectivity index (χ1v) is 13.3. The molecule has 1 spiro atoms. The molecule has 2 aromatic heterocycles. The van der Waals surface area contributed by atoms with Crippen LogP contribution in [0.2, 0.25) is 0 Å². The van der Waals surface area contributed by atoms with Crippen molar-refractivity contribution in [3.8, 4) is 17.1 Å². The Morgan fingerprint density at radius 3 is 2.68 bits per heavy atom. The van der Waals surface area contributed by atoms with E-state index in [-0.39, 0.29) is 58.7 Å². The number of ether oxygens (including phenoxy) is 1. The van der Waals surface area contributed by atoms with E-state index < -0.39 is 5.82 Å². The second-order valence-corrected chi connectivity index (χ2v) is 11.4. The van der Waals surface area contributed by atoms with E-state index in [1.165, 1.54) is 13.2 Å². The maximum absolute atomic E-state index is 14.4. The van der Waals surface area contributed by atoms with Gasteiger partial charge in [-0.15, -0.1) is 0 Å². The van der Waals surface area contributed by atoms with Crippen LogP contribution in [0.4, 0.5) is 8.78 Å². The molecule has 0 radical (unpaired) electrons. The van der Waals surface area contributed by atoms with E-state index in [2.05, 4.69) is 39.2 Å². The van der Waals surface area contributed by atoms with Gasteiger partial charge >= 0.3 is 0 Å². The number of hydrogen-bond donors (Lipinski definition) is 2. The van der Waals surface area contributed by atoms with Crippen LogP contribution < -0.4 is 10.1 Å². The van der Waals surface area contributed by atoms with E-state index in [1.54, 1.807) is 6.07 Å². The van der Waals surface area contributed by atoms with E-state index in [0.717, 1.165) is 38.4 Å². The summed E-state index contributed by atoms with van der Waals surface area (Å²) in [5.41, 5.74) is 0.292. The van der Waals surface area contributed by atoms with Gasteiger partial charge in [-0.25, -0.2) is 13.8 Å². The van der Waals surface area contributed by atoms with Gasteiger partial charge in [-0.05, 0) is 58.4 Å². The van der Waals surface area contributed by atoms with Gasteiger partial charge in [0.25, 0.3) is 5.91 Å². The molecule has 2 atom stereocenters. The fraction of sp³-hybridized carbons (Fsp3) is 0.630. The first-order valence-electron chi connectivity index (χ1n) is 13.3. The monoisotopic (exact) mass is 530 g/mol. The molecule has 3 fully saturated rings. The predicted molar refractivity (Wildman–Crippen MR) is 137 cm³/mol. The third kappa shape index (κ3) is 5.12. The number of hydrogen-bond acceptors (Lipinski definition) is 6. The zero-order chi connectivity index (χ0) is 27.1. The third-order valence-electron chi connectivity index (χ3n) is 8.52. The molecule has 2 N–H and O–H groups in total. The highest BCUT2D eigenvalue weighted by Crippen LogP contribution is 2.50. The number of aromatic nitrogens is 3. The van der Waals surface area contributed by atoms with Gasteiger partial charge in [0.1, 0.15) is 12.4 Å². The van der Waals surface area contributed by atoms with E-state index in [0.29, 0.717) is 31.6 Å². The number of likely N-dealkylation sites (tertiary alicyclic amines) is 2. The summed E-state index contributed by atoms with van der Waals surface area (Å²) in [7, 11) is 1.45. The lowest BCUT2D eigenvalue weighted by Gasteiger charge is -2.46. The standard InChI is InChI=1S/C27H36F2N6O3/c1-26(2)15-18(5-9-34(26)11-8-28)31-24(36)17-4-10-35(27(14-17)6-7-27)25(37)22-13-21(32-33-22)19-12-23(38-3)30-16-20(19)29/h12-13,16-18H,4-11,14-15H2,1-3H3,(H,31,36)(H,32,33)/t17-,18-/m0/s1. The zero-order valence-electron chi connectivity index (χ0n) is 22.2. The summed E-state index contributed by atoms with van der Waals surface area (Å²) in [4.78, 5) is 34.5. The van der Waals surface area contributed by atoms with Crippen LogP contribution in [0, 0.1) is 11.7 Å². The number of nitrogens with one attached hydrogen (secondary N) is 2. The molecule has 38 heavy (non-hydrogen) atoms. The number of pyridine rings is 1. The zero-order valence-corrected chi connectivity index (χ0v) is 22.2. The van der Waals surface area contributed by atoms with E-state index in [4.69, 9.17) is 4.74 Å². The van der Waals surface area contributed by atoms with Crippen molar-refractivity contribution in [1.29, 1.82) is 0 Å². The molecular weight excluding hydrogens is 494 g/mol. The molecular formula is C27H36F2N6O3. The van der Waals surface area contributed by atoms with Crippen molar-refractivity contribution in [2.24, 2.45) is 5.92 Å². The lowest BCUT2D eigenvalue weighted by atomic mass is 9.85. The van der Waals surface area contributed by atoms with Crippen molar-refractivity contribution in [3.63, 3.8) is 0 Å². The van der Waals surface area contributed by atoms with Crippen molar-refractivity contribution < 1.29 is 23.1 Å². The highest BCUT2D eigenvalue weighted by atomic mass is 19.1. The molecule has 2 aromatic rings. The van der Waals surface area contributed by atoms with Crippen LogP contribution in [0.5, 0.6) is 5.88 Å². The number of alkyl halides is 1. The quantitative estimate of drug-likeness (QED) is 0.569. The first-order chi connectivity index (χ1) is 18.2. The Kier molecular flexibility index (Phi) is 7.15. The van der Waals surface area contributed by atoms with Crippen molar-refractivity contribution in [3.05, 3.63) is 29.8 Å². The molecule has 2 saturated heterocycles. The largest absolute Gasteiger partial charge is 0.481 e. The Balaban J connectivity index is 1.22. The van der Waals surface area contributed by atoms with E-state index in [9.17, 15) is 18.4 Å². The smallest absolute Gasteiger partial charge is 0.272 e. The second kappa shape index (κ2) is 10.2. The summed E-state index contributed by atoms with van der Waals surface area (Å²) < 4.78 is 32.3. The first kappa shape index (κ1) is 26.5. The number of aromatic amines is 1. The van der Waals surface area contributed by atoms with Gasteiger partial charge in [0.15, 0.2) is 5.82 Å². The van der Waals surface area contributed by atoms with Gasteiger partial charge in [0, 0.05) is 54.3 Å². The average molecular weight is 531 g/mol. The summed E-state index contributed by atoms with van der Waals surface area (Å²) in [5, 5.41) is 10.2. The molecule has 1 aliphatic carbocycles. The number of carbonyl (C=O) groups is 2.